The molecule has 5 heteroatoms. The molecule has 1 saturated carbocycles. The molecule has 0 aliphatic heterocycles. The number of rotatable bonds is 8. The molecule has 1 fully saturated rings. The number of benzene rings is 1. The highest BCUT2D eigenvalue weighted by Crippen LogP contribution is 2.59. The second-order valence-electron chi connectivity index (χ2n) is 7.63. The van der Waals surface area contributed by atoms with E-state index in [1.54, 1.807) is 19.3 Å². The third-order valence-electron chi connectivity index (χ3n) is 5.20. The van der Waals surface area contributed by atoms with Gasteiger partial charge in [0.1, 0.15) is 12.4 Å². The summed E-state index contributed by atoms with van der Waals surface area (Å²) in [6.07, 6.45) is 5.47. The molecule has 0 bridgehead atoms. The summed E-state index contributed by atoms with van der Waals surface area (Å²) >= 11 is 0. The van der Waals surface area contributed by atoms with E-state index >= 15 is 0 Å². The van der Waals surface area contributed by atoms with E-state index in [4.69, 9.17) is 13.9 Å². The summed E-state index contributed by atoms with van der Waals surface area (Å²) in [5.41, 5.74) is 1.77. The van der Waals surface area contributed by atoms with Gasteiger partial charge < -0.3 is 13.9 Å². The fourth-order valence-electron chi connectivity index (χ4n) is 3.50. The van der Waals surface area contributed by atoms with Crippen LogP contribution in [0.4, 0.5) is 0 Å². The van der Waals surface area contributed by atoms with Crippen molar-refractivity contribution in [3.8, 4) is 0 Å². The zero-order valence-corrected chi connectivity index (χ0v) is 16.5. The molecule has 0 unspecified atom stereocenters. The maximum absolute atomic E-state index is 12.5. The molecule has 0 radical (unpaired) electrons. The first-order chi connectivity index (χ1) is 13.4. The summed E-state index contributed by atoms with van der Waals surface area (Å²) in [5, 5.41) is 0. The van der Waals surface area contributed by atoms with Gasteiger partial charge in [-0.25, -0.2) is 4.79 Å². The lowest BCUT2D eigenvalue weighted by Crippen LogP contribution is -2.10. The SMILES string of the molecule is CCOC(=O)/C=C/[C@H]1[C@@H](C(=O)OCc2coc(Cc3ccccc3)c2)C1(C)C. The Kier molecular flexibility index (Phi) is 6.02. The molecule has 1 aromatic heterocycles. The molecule has 2 atom stereocenters. The number of esters is 2. The molecule has 5 nitrogen and oxygen atoms in total. The molecule has 0 amide bonds. The van der Waals surface area contributed by atoms with Crippen molar-refractivity contribution in [3.05, 3.63) is 71.7 Å². The Morgan fingerprint density at radius 1 is 1.14 bits per heavy atom. The van der Waals surface area contributed by atoms with E-state index in [2.05, 4.69) is 0 Å². The van der Waals surface area contributed by atoms with Gasteiger partial charge in [0.25, 0.3) is 0 Å². The molecule has 1 aromatic carbocycles. The Morgan fingerprint density at radius 2 is 1.89 bits per heavy atom. The third kappa shape index (κ3) is 4.71. The highest BCUT2D eigenvalue weighted by molar-refractivity contribution is 5.83. The van der Waals surface area contributed by atoms with Crippen LogP contribution in [0.2, 0.25) is 0 Å². The minimum atomic E-state index is -0.387. The molecule has 3 rings (SSSR count). The third-order valence-corrected chi connectivity index (χ3v) is 5.20. The molecular weight excluding hydrogens is 356 g/mol. The smallest absolute Gasteiger partial charge is 0.330 e. The predicted octanol–water partition coefficient (Wildman–Crippen LogP) is 4.31. The van der Waals surface area contributed by atoms with Crippen LogP contribution in [0.25, 0.3) is 0 Å². The van der Waals surface area contributed by atoms with Crippen molar-refractivity contribution in [1.29, 1.82) is 0 Å². The number of furan rings is 1. The lowest BCUT2D eigenvalue weighted by atomic mass is 10.1. The van der Waals surface area contributed by atoms with E-state index < -0.39 is 0 Å². The van der Waals surface area contributed by atoms with Crippen LogP contribution in [-0.2, 0) is 32.1 Å². The number of ether oxygens (including phenoxy) is 2. The molecule has 2 aromatic rings. The average Bonchev–Trinajstić information content (AvgIpc) is 2.98. The zero-order chi connectivity index (χ0) is 20.1. The van der Waals surface area contributed by atoms with E-state index in [9.17, 15) is 9.59 Å². The van der Waals surface area contributed by atoms with Crippen molar-refractivity contribution in [2.24, 2.45) is 17.3 Å². The van der Waals surface area contributed by atoms with E-state index in [0.29, 0.717) is 13.0 Å². The van der Waals surface area contributed by atoms with Crippen LogP contribution in [0.1, 0.15) is 37.7 Å². The Hall–Kier alpha value is -2.82. The first-order valence-corrected chi connectivity index (χ1v) is 9.53. The van der Waals surface area contributed by atoms with Crippen LogP contribution in [0, 0.1) is 17.3 Å². The van der Waals surface area contributed by atoms with Crippen molar-refractivity contribution in [1.82, 2.24) is 0 Å². The van der Waals surface area contributed by atoms with Crippen LogP contribution in [0.15, 0.2) is 59.2 Å². The van der Waals surface area contributed by atoms with Gasteiger partial charge in [-0.1, -0.05) is 50.3 Å². The highest BCUT2D eigenvalue weighted by atomic mass is 16.5. The monoisotopic (exact) mass is 382 g/mol. The fourth-order valence-corrected chi connectivity index (χ4v) is 3.50. The summed E-state index contributed by atoms with van der Waals surface area (Å²) in [6.45, 7) is 6.26. The van der Waals surface area contributed by atoms with Gasteiger partial charge in [-0.3, -0.25) is 4.79 Å². The standard InChI is InChI=1S/C23H26O5/c1-4-26-20(24)11-10-19-21(23(19,2)3)22(25)28-15-17-13-18(27-14-17)12-16-8-6-5-7-9-16/h5-11,13-14,19,21H,4,12,15H2,1-3H3/b11-10+/t19-,21-/m0/s1. The van der Waals surface area contributed by atoms with Gasteiger partial charge in [0.15, 0.2) is 0 Å². The van der Waals surface area contributed by atoms with Crippen LogP contribution in [-0.4, -0.2) is 18.5 Å². The van der Waals surface area contributed by atoms with Crippen LogP contribution >= 0.6 is 0 Å². The molecule has 0 N–H and O–H groups in total. The Balaban J connectivity index is 1.51. The highest BCUT2D eigenvalue weighted by Gasteiger charge is 2.61. The van der Waals surface area contributed by atoms with Crippen molar-refractivity contribution in [2.75, 3.05) is 6.61 Å². The van der Waals surface area contributed by atoms with Crippen molar-refractivity contribution < 1.29 is 23.5 Å². The Labute approximate surface area is 165 Å². The minimum Gasteiger partial charge on any atom is -0.469 e. The van der Waals surface area contributed by atoms with E-state index in [0.717, 1.165) is 16.9 Å². The van der Waals surface area contributed by atoms with Crippen molar-refractivity contribution in [3.63, 3.8) is 0 Å². The van der Waals surface area contributed by atoms with E-state index in [1.165, 1.54) is 6.08 Å². The summed E-state index contributed by atoms with van der Waals surface area (Å²) < 4.78 is 15.9. The molecular formula is C23H26O5. The van der Waals surface area contributed by atoms with Gasteiger partial charge in [0, 0.05) is 18.1 Å². The molecule has 1 heterocycles. The lowest BCUT2D eigenvalue weighted by molar-refractivity contribution is -0.147. The van der Waals surface area contributed by atoms with Crippen molar-refractivity contribution in [2.45, 2.75) is 33.8 Å². The number of carbonyl (C=O) groups is 2. The van der Waals surface area contributed by atoms with Crippen LogP contribution < -0.4 is 0 Å². The van der Waals surface area contributed by atoms with Crippen LogP contribution in [0.5, 0.6) is 0 Å². The second-order valence-corrected chi connectivity index (χ2v) is 7.63. The topological polar surface area (TPSA) is 65.7 Å². The van der Waals surface area contributed by atoms with Crippen LogP contribution in [0.3, 0.4) is 0 Å². The molecule has 148 valence electrons. The number of carbonyl (C=O) groups excluding carboxylic acids is 2. The normalized spacial score (nSPS) is 20.1. The van der Waals surface area contributed by atoms with Gasteiger partial charge in [-0.05, 0) is 29.9 Å². The Bertz CT molecular complexity index is 847. The first-order valence-electron chi connectivity index (χ1n) is 9.53. The minimum absolute atomic E-state index is 0.0256. The summed E-state index contributed by atoms with van der Waals surface area (Å²) in [5.74, 6) is -0.0912. The number of hydrogen-bond acceptors (Lipinski definition) is 5. The number of allylic oxidation sites excluding steroid dienone is 1. The fraction of sp³-hybridized carbons (Fsp3) is 0.391. The number of hydrogen-bond donors (Lipinski definition) is 0. The predicted molar refractivity (Wildman–Crippen MR) is 104 cm³/mol. The first kappa shape index (κ1) is 19.9. The van der Waals surface area contributed by atoms with Gasteiger partial charge in [-0.2, -0.15) is 0 Å². The lowest BCUT2D eigenvalue weighted by Gasteiger charge is -2.03. The zero-order valence-electron chi connectivity index (χ0n) is 16.5. The molecule has 28 heavy (non-hydrogen) atoms. The van der Waals surface area contributed by atoms with Gasteiger partial charge in [0.2, 0.25) is 0 Å². The Morgan fingerprint density at radius 3 is 2.61 bits per heavy atom. The quantitative estimate of drug-likeness (QED) is 0.503. The van der Waals surface area contributed by atoms with E-state index in [1.807, 2.05) is 50.2 Å². The van der Waals surface area contributed by atoms with Gasteiger partial charge in [0.05, 0.1) is 18.8 Å². The molecule has 0 saturated heterocycles. The maximum atomic E-state index is 12.5. The average molecular weight is 382 g/mol. The van der Waals surface area contributed by atoms with E-state index in [-0.39, 0.29) is 35.8 Å². The molecule has 1 aliphatic rings. The van der Waals surface area contributed by atoms with Gasteiger partial charge >= 0.3 is 11.9 Å². The summed E-state index contributed by atoms with van der Waals surface area (Å²) in [7, 11) is 0. The second kappa shape index (κ2) is 8.46. The molecule has 0 spiro atoms. The largest absolute Gasteiger partial charge is 0.469 e. The van der Waals surface area contributed by atoms with Gasteiger partial charge in [-0.15, -0.1) is 0 Å². The summed E-state index contributed by atoms with van der Waals surface area (Å²) in [6, 6.07) is 12.0. The molecule has 1 aliphatic carbocycles. The maximum Gasteiger partial charge on any atom is 0.330 e. The van der Waals surface area contributed by atoms with Crippen molar-refractivity contribution >= 4 is 11.9 Å². The summed E-state index contributed by atoms with van der Waals surface area (Å²) in [4.78, 5) is 23.9.